The van der Waals surface area contributed by atoms with Gasteiger partial charge in [0.05, 0.1) is 17.7 Å². The molecule has 5 rings (SSSR count). The molecule has 2 aliphatic carbocycles. The summed E-state index contributed by atoms with van der Waals surface area (Å²) < 4.78 is 0. The second kappa shape index (κ2) is 9.05. The van der Waals surface area contributed by atoms with Crippen molar-refractivity contribution in [1.82, 2.24) is 15.2 Å². The van der Waals surface area contributed by atoms with Crippen LogP contribution >= 0.6 is 0 Å². The Labute approximate surface area is 190 Å². The number of nitrogens with zero attached hydrogens (tertiary/aromatic N) is 2. The predicted octanol–water partition coefficient (Wildman–Crippen LogP) is 4.26. The van der Waals surface area contributed by atoms with E-state index < -0.39 is 0 Å². The molecule has 0 radical (unpaired) electrons. The van der Waals surface area contributed by atoms with Gasteiger partial charge in [0.25, 0.3) is 5.91 Å². The van der Waals surface area contributed by atoms with E-state index in [0.717, 1.165) is 60.8 Å². The number of aryl methyl sites for hydroxylation is 1. The number of pyridine rings is 1. The highest BCUT2D eigenvalue weighted by Gasteiger charge is 2.40. The first kappa shape index (κ1) is 21.2. The molecule has 2 bridgehead atoms. The van der Waals surface area contributed by atoms with Gasteiger partial charge in [-0.15, -0.1) is 0 Å². The minimum absolute atomic E-state index is 0.0348. The molecule has 1 aliphatic heterocycles. The van der Waals surface area contributed by atoms with Gasteiger partial charge in [-0.3, -0.25) is 14.6 Å². The molecule has 1 aromatic heterocycles. The highest BCUT2D eigenvalue weighted by molar-refractivity contribution is 5.95. The topological polar surface area (TPSA) is 62.3 Å². The van der Waals surface area contributed by atoms with E-state index in [4.69, 9.17) is 4.98 Å². The van der Waals surface area contributed by atoms with Crippen LogP contribution in [0.15, 0.2) is 42.5 Å². The van der Waals surface area contributed by atoms with E-state index in [9.17, 15) is 9.59 Å². The van der Waals surface area contributed by atoms with Gasteiger partial charge in [0.15, 0.2) is 0 Å². The first-order valence-electron chi connectivity index (χ1n) is 12.2. The fourth-order valence-corrected chi connectivity index (χ4v) is 6.03. The van der Waals surface area contributed by atoms with Gasteiger partial charge >= 0.3 is 0 Å². The summed E-state index contributed by atoms with van der Waals surface area (Å²) in [6.45, 7) is 3.43. The minimum atomic E-state index is 0.0348. The number of carbonyl (C=O) groups is 2. The lowest BCUT2D eigenvalue weighted by Gasteiger charge is -2.33. The molecule has 32 heavy (non-hydrogen) atoms. The lowest BCUT2D eigenvalue weighted by Crippen LogP contribution is -2.40. The van der Waals surface area contributed by atoms with Crippen molar-refractivity contribution in [1.29, 1.82) is 0 Å². The van der Waals surface area contributed by atoms with Gasteiger partial charge in [0.1, 0.15) is 0 Å². The first-order valence-corrected chi connectivity index (χ1v) is 12.2. The van der Waals surface area contributed by atoms with E-state index >= 15 is 0 Å². The Bertz CT molecular complexity index is 982. The zero-order valence-corrected chi connectivity index (χ0v) is 18.9. The van der Waals surface area contributed by atoms with Crippen LogP contribution in [0.25, 0.3) is 0 Å². The number of fused-ring (bicyclic) bond motifs is 2. The molecule has 168 valence electrons. The van der Waals surface area contributed by atoms with E-state index in [2.05, 4.69) is 5.32 Å². The van der Waals surface area contributed by atoms with Crippen molar-refractivity contribution >= 4 is 11.8 Å². The minimum Gasteiger partial charge on any atom is -0.349 e. The molecule has 1 saturated heterocycles. The van der Waals surface area contributed by atoms with E-state index in [1.54, 1.807) is 0 Å². The quantitative estimate of drug-likeness (QED) is 0.770. The smallest absolute Gasteiger partial charge is 0.253 e. The summed E-state index contributed by atoms with van der Waals surface area (Å²) in [6.07, 6.45) is 7.15. The van der Waals surface area contributed by atoms with E-state index in [1.165, 1.54) is 19.3 Å². The molecular formula is C27H33N3O2. The van der Waals surface area contributed by atoms with Gasteiger partial charge < -0.3 is 10.2 Å². The standard InChI is InChI=1S/C27H33N3O2/c1-18-7-10-23(27(32)29-24-16-20-8-9-22(24)15-20)26(28-18)21-11-13-30(14-12-21)25(31)17-19-5-3-2-4-6-19/h2-7,10,20-22,24H,8-9,11-17H2,1H3,(H,29,32). The second-order valence-corrected chi connectivity index (χ2v) is 9.96. The highest BCUT2D eigenvalue weighted by atomic mass is 16.2. The van der Waals surface area contributed by atoms with Crippen LogP contribution < -0.4 is 5.32 Å². The molecule has 1 N–H and O–H groups in total. The summed E-state index contributed by atoms with van der Waals surface area (Å²) in [5.41, 5.74) is 3.65. The third-order valence-electron chi connectivity index (χ3n) is 7.80. The lowest BCUT2D eigenvalue weighted by atomic mass is 9.89. The predicted molar refractivity (Wildman–Crippen MR) is 124 cm³/mol. The van der Waals surface area contributed by atoms with Crippen molar-refractivity contribution in [2.24, 2.45) is 11.8 Å². The number of carbonyl (C=O) groups excluding carboxylic acids is 2. The highest BCUT2D eigenvalue weighted by Crippen LogP contribution is 2.44. The van der Waals surface area contributed by atoms with Crippen LogP contribution in [0, 0.1) is 18.8 Å². The Hall–Kier alpha value is -2.69. The van der Waals surface area contributed by atoms with Gasteiger partial charge in [-0.05, 0) is 68.6 Å². The molecule has 3 atom stereocenters. The summed E-state index contributed by atoms with van der Waals surface area (Å²) in [5, 5.41) is 3.34. The van der Waals surface area contributed by atoms with Crippen LogP contribution in [0.5, 0.6) is 0 Å². The van der Waals surface area contributed by atoms with Crippen LogP contribution in [0.2, 0.25) is 0 Å². The van der Waals surface area contributed by atoms with Crippen LogP contribution in [0.1, 0.15) is 71.8 Å². The number of likely N-dealkylation sites (tertiary alicyclic amines) is 1. The Morgan fingerprint density at radius 2 is 1.78 bits per heavy atom. The first-order chi connectivity index (χ1) is 15.6. The number of piperidine rings is 1. The Morgan fingerprint density at radius 3 is 2.47 bits per heavy atom. The van der Waals surface area contributed by atoms with Gasteiger partial charge in [-0.25, -0.2) is 0 Å². The molecule has 2 aromatic rings. The maximum atomic E-state index is 13.2. The summed E-state index contributed by atoms with van der Waals surface area (Å²) >= 11 is 0. The molecular weight excluding hydrogens is 398 g/mol. The Morgan fingerprint density at radius 1 is 1.00 bits per heavy atom. The summed E-state index contributed by atoms with van der Waals surface area (Å²) in [6, 6.07) is 14.1. The van der Waals surface area contributed by atoms with Crippen molar-refractivity contribution < 1.29 is 9.59 Å². The number of nitrogens with one attached hydrogen (secondary N) is 1. The summed E-state index contributed by atoms with van der Waals surface area (Å²) in [4.78, 5) is 32.7. The van der Waals surface area contributed by atoms with E-state index in [0.29, 0.717) is 18.4 Å². The van der Waals surface area contributed by atoms with Crippen molar-refractivity contribution in [3.05, 3.63) is 65.0 Å². The molecule has 2 heterocycles. The SMILES string of the molecule is Cc1ccc(C(=O)NC2CC3CCC2C3)c(C2CCN(C(=O)Cc3ccccc3)CC2)n1. The van der Waals surface area contributed by atoms with Crippen LogP contribution in [-0.2, 0) is 11.2 Å². The second-order valence-electron chi connectivity index (χ2n) is 9.96. The molecule has 0 spiro atoms. The molecule has 2 saturated carbocycles. The third kappa shape index (κ3) is 4.43. The number of aromatic nitrogens is 1. The van der Waals surface area contributed by atoms with Crippen molar-refractivity contribution in [2.45, 2.75) is 63.8 Å². The normalized spacial score (nSPS) is 25.2. The van der Waals surface area contributed by atoms with E-state index in [1.807, 2.05) is 54.3 Å². The van der Waals surface area contributed by atoms with Gasteiger partial charge in [-0.1, -0.05) is 36.8 Å². The molecule has 1 aromatic carbocycles. The largest absolute Gasteiger partial charge is 0.349 e. The number of benzene rings is 1. The van der Waals surface area contributed by atoms with Crippen LogP contribution in [0.4, 0.5) is 0 Å². The fraction of sp³-hybridized carbons (Fsp3) is 0.519. The van der Waals surface area contributed by atoms with Crippen LogP contribution in [-0.4, -0.2) is 40.8 Å². The molecule has 2 amide bonds. The lowest BCUT2D eigenvalue weighted by molar-refractivity contribution is -0.131. The molecule has 3 aliphatic rings. The van der Waals surface area contributed by atoms with Crippen molar-refractivity contribution in [2.75, 3.05) is 13.1 Å². The van der Waals surface area contributed by atoms with Gasteiger partial charge in [0.2, 0.25) is 5.91 Å². The zero-order valence-electron chi connectivity index (χ0n) is 18.9. The molecule has 3 unspecified atom stereocenters. The average molecular weight is 432 g/mol. The Kier molecular flexibility index (Phi) is 5.99. The number of hydrogen-bond donors (Lipinski definition) is 1. The van der Waals surface area contributed by atoms with E-state index in [-0.39, 0.29) is 17.7 Å². The van der Waals surface area contributed by atoms with Gasteiger partial charge in [-0.2, -0.15) is 0 Å². The summed E-state index contributed by atoms with van der Waals surface area (Å²) in [7, 11) is 0. The fourth-order valence-electron chi connectivity index (χ4n) is 6.03. The summed E-state index contributed by atoms with van der Waals surface area (Å²) in [5.74, 6) is 1.90. The van der Waals surface area contributed by atoms with Crippen molar-refractivity contribution in [3.63, 3.8) is 0 Å². The third-order valence-corrected chi connectivity index (χ3v) is 7.80. The molecule has 5 heteroatoms. The molecule has 3 fully saturated rings. The number of hydrogen-bond acceptors (Lipinski definition) is 3. The average Bonchev–Trinajstić information content (AvgIpc) is 3.43. The maximum Gasteiger partial charge on any atom is 0.253 e. The zero-order chi connectivity index (χ0) is 22.1. The maximum absolute atomic E-state index is 13.2. The van der Waals surface area contributed by atoms with Crippen LogP contribution in [0.3, 0.4) is 0 Å². The van der Waals surface area contributed by atoms with Crippen molar-refractivity contribution in [3.8, 4) is 0 Å². The Balaban J connectivity index is 1.24. The molecule has 5 nitrogen and oxygen atoms in total. The number of rotatable bonds is 5. The number of amides is 2. The monoisotopic (exact) mass is 431 g/mol. The van der Waals surface area contributed by atoms with Gasteiger partial charge in [0, 0.05) is 30.7 Å².